The van der Waals surface area contributed by atoms with E-state index in [4.69, 9.17) is 18.9 Å². The average Bonchev–Trinajstić information content (AvgIpc) is 3.21. The van der Waals surface area contributed by atoms with Gasteiger partial charge >= 0.3 is 0 Å². The van der Waals surface area contributed by atoms with Crippen LogP contribution in [0.25, 0.3) is 10.4 Å². The van der Waals surface area contributed by atoms with Gasteiger partial charge in [0.1, 0.15) is 16.5 Å². The van der Waals surface area contributed by atoms with Gasteiger partial charge in [0.25, 0.3) is 0 Å². The summed E-state index contributed by atoms with van der Waals surface area (Å²) in [5.41, 5.74) is 2.04. The van der Waals surface area contributed by atoms with Crippen LogP contribution in [0.1, 0.15) is 10.6 Å². The van der Waals surface area contributed by atoms with Crippen molar-refractivity contribution in [3.05, 3.63) is 53.2 Å². The number of methoxy groups -OCH3 is 4. The van der Waals surface area contributed by atoms with Crippen LogP contribution in [0, 0.1) is 0 Å². The first-order valence-corrected chi connectivity index (χ1v) is 9.59. The third-order valence-corrected chi connectivity index (χ3v) is 5.33. The van der Waals surface area contributed by atoms with Gasteiger partial charge in [0.05, 0.1) is 33.3 Å². The molecule has 0 amide bonds. The lowest BCUT2D eigenvalue weighted by Crippen LogP contribution is -2.13. The second-order valence-electron chi connectivity index (χ2n) is 5.94. The molecule has 1 heterocycles. The standard InChI is InChI=1S/C21H24N2O4S/c1-24-15-8-9-16(18(10-15)26-3)19-12-23-20(28-19)13-22-11-14-6-5-7-17(25-2)21(14)27-4/h5-10,12,22H,11,13H2,1-4H3. The largest absolute Gasteiger partial charge is 0.497 e. The molecule has 0 unspecified atom stereocenters. The van der Waals surface area contributed by atoms with Crippen molar-refractivity contribution in [2.75, 3.05) is 28.4 Å². The maximum atomic E-state index is 5.50. The van der Waals surface area contributed by atoms with Crippen molar-refractivity contribution in [1.29, 1.82) is 0 Å². The van der Waals surface area contributed by atoms with Crippen molar-refractivity contribution < 1.29 is 18.9 Å². The van der Waals surface area contributed by atoms with E-state index in [0.29, 0.717) is 13.1 Å². The van der Waals surface area contributed by atoms with Crippen LogP contribution in [0.2, 0.25) is 0 Å². The summed E-state index contributed by atoms with van der Waals surface area (Å²) in [7, 11) is 6.59. The van der Waals surface area contributed by atoms with E-state index in [9.17, 15) is 0 Å². The summed E-state index contributed by atoms with van der Waals surface area (Å²) in [5.74, 6) is 3.01. The van der Waals surface area contributed by atoms with Gasteiger partial charge in [-0.15, -0.1) is 11.3 Å². The molecule has 0 radical (unpaired) electrons. The molecule has 0 bridgehead atoms. The third-order valence-electron chi connectivity index (χ3n) is 4.30. The zero-order valence-corrected chi connectivity index (χ0v) is 17.3. The van der Waals surface area contributed by atoms with Gasteiger partial charge in [-0.3, -0.25) is 0 Å². The van der Waals surface area contributed by atoms with Crippen LogP contribution in [0.5, 0.6) is 23.0 Å². The molecule has 0 aliphatic carbocycles. The Balaban J connectivity index is 1.68. The lowest BCUT2D eigenvalue weighted by Gasteiger charge is -2.12. The second-order valence-corrected chi connectivity index (χ2v) is 7.06. The maximum Gasteiger partial charge on any atom is 0.165 e. The molecule has 0 spiro atoms. The van der Waals surface area contributed by atoms with E-state index in [2.05, 4.69) is 10.3 Å². The Hall–Kier alpha value is -2.77. The molecule has 148 valence electrons. The van der Waals surface area contributed by atoms with Crippen molar-refractivity contribution in [3.8, 4) is 33.4 Å². The van der Waals surface area contributed by atoms with E-state index in [1.165, 1.54) is 0 Å². The Morgan fingerprint density at radius 1 is 0.893 bits per heavy atom. The Bertz CT molecular complexity index is 927. The fourth-order valence-corrected chi connectivity index (χ4v) is 3.83. The Morgan fingerprint density at radius 2 is 1.71 bits per heavy atom. The van der Waals surface area contributed by atoms with Crippen LogP contribution in [-0.4, -0.2) is 33.4 Å². The third kappa shape index (κ3) is 4.37. The fraction of sp³-hybridized carbons (Fsp3) is 0.286. The number of para-hydroxylation sites is 1. The topological polar surface area (TPSA) is 61.8 Å². The van der Waals surface area contributed by atoms with Crippen molar-refractivity contribution in [2.45, 2.75) is 13.1 Å². The molecule has 0 aliphatic rings. The minimum Gasteiger partial charge on any atom is -0.497 e. The van der Waals surface area contributed by atoms with Gasteiger partial charge in [-0.2, -0.15) is 0 Å². The van der Waals surface area contributed by atoms with Gasteiger partial charge in [-0.05, 0) is 18.2 Å². The predicted octanol–water partition coefficient (Wildman–Crippen LogP) is 4.13. The van der Waals surface area contributed by atoms with E-state index in [1.54, 1.807) is 39.8 Å². The number of hydrogen-bond acceptors (Lipinski definition) is 7. The normalized spacial score (nSPS) is 10.6. The molecule has 3 rings (SSSR count). The zero-order chi connectivity index (χ0) is 19.9. The molecular weight excluding hydrogens is 376 g/mol. The van der Waals surface area contributed by atoms with Crippen LogP contribution >= 0.6 is 11.3 Å². The quantitative estimate of drug-likeness (QED) is 0.583. The Labute approximate surface area is 169 Å². The van der Waals surface area contributed by atoms with Crippen LogP contribution in [0.4, 0.5) is 0 Å². The second kappa shape index (κ2) is 9.43. The van der Waals surface area contributed by atoms with Gasteiger partial charge in [0.15, 0.2) is 11.5 Å². The maximum absolute atomic E-state index is 5.50. The van der Waals surface area contributed by atoms with Crippen molar-refractivity contribution in [1.82, 2.24) is 10.3 Å². The van der Waals surface area contributed by atoms with E-state index in [1.807, 2.05) is 42.6 Å². The van der Waals surface area contributed by atoms with Gasteiger partial charge in [0.2, 0.25) is 0 Å². The van der Waals surface area contributed by atoms with E-state index >= 15 is 0 Å². The monoisotopic (exact) mass is 400 g/mol. The zero-order valence-electron chi connectivity index (χ0n) is 16.4. The number of benzene rings is 2. The molecule has 1 N–H and O–H groups in total. The summed E-state index contributed by atoms with van der Waals surface area (Å²) < 4.78 is 21.6. The number of nitrogens with zero attached hydrogens (tertiary/aromatic N) is 1. The number of nitrogens with one attached hydrogen (secondary N) is 1. The highest BCUT2D eigenvalue weighted by atomic mass is 32.1. The van der Waals surface area contributed by atoms with Crippen LogP contribution in [0.15, 0.2) is 42.6 Å². The molecular formula is C21H24N2O4S. The molecule has 3 aromatic rings. The number of rotatable bonds is 9. The molecule has 0 saturated carbocycles. The van der Waals surface area contributed by atoms with Gasteiger partial charge in [-0.1, -0.05) is 12.1 Å². The summed E-state index contributed by atoms with van der Waals surface area (Å²) in [4.78, 5) is 5.58. The fourth-order valence-electron chi connectivity index (χ4n) is 2.92. The highest BCUT2D eigenvalue weighted by molar-refractivity contribution is 7.15. The van der Waals surface area contributed by atoms with Gasteiger partial charge in [-0.25, -0.2) is 4.98 Å². The average molecular weight is 401 g/mol. The summed E-state index contributed by atoms with van der Waals surface area (Å²) in [6.07, 6.45) is 1.87. The predicted molar refractivity (Wildman–Crippen MR) is 111 cm³/mol. The molecule has 0 saturated heterocycles. The molecule has 2 aromatic carbocycles. The first-order chi connectivity index (χ1) is 13.7. The Kier molecular flexibility index (Phi) is 6.73. The number of aromatic nitrogens is 1. The summed E-state index contributed by atoms with van der Waals surface area (Å²) in [6, 6.07) is 11.6. The van der Waals surface area contributed by atoms with Crippen molar-refractivity contribution in [2.24, 2.45) is 0 Å². The molecule has 0 fully saturated rings. The van der Waals surface area contributed by atoms with E-state index in [0.717, 1.165) is 44.0 Å². The molecule has 28 heavy (non-hydrogen) atoms. The SMILES string of the molecule is COc1ccc(-c2cnc(CNCc3cccc(OC)c3OC)s2)c(OC)c1. The molecule has 1 aromatic heterocycles. The first kappa shape index (κ1) is 20.0. The number of hydrogen-bond donors (Lipinski definition) is 1. The van der Waals surface area contributed by atoms with Crippen LogP contribution in [0.3, 0.4) is 0 Å². The van der Waals surface area contributed by atoms with Crippen molar-refractivity contribution in [3.63, 3.8) is 0 Å². The van der Waals surface area contributed by atoms with E-state index in [-0.39, 0.29) is 0 Å². The van der Waals surface area contributed by atoms with Crippen LogP contribution < -0.4 is 24.3 Å². The number of thiazole rings is 1. The first-order valence-electron chi connectivity index (χ1n) is 8.77. The Morgan fingerprint density at radius 3 is 2.43 bits per heavy atom. The highest BCUT2D eigenvalue weighted by Gasteiger charge is 2.12. The summed E-state index contributed by atoms with van der Waals surface area (Å²) in [6.45, 7) is 1.31. The molecule has 6 nitrogen and oxygen atoms in total. The van der Waals surface area contributed by atoms with E-state index < -0.39 is 0 Å². The molecule has 0 atom stereocenters. The summed E-state index contributed by atoms with van der Waals surface area (Å²) in [5, 5.41) is 4.41. The highest BCUT2D eigenvalue weighted by Crippen LogP contribution is 2.36. The minimum atomic E-state index is 0.654. The van der Waals surface area contributed by atoms with Crippen molar-refractivity contribution >= 4 is 11.3 Å². The molecule has 0 aliphatic heterocycles. The van der Waals surface area contributed by atoms with Crippen LogP contribution in [-0.2, 0) is 13.1 Å². The van der Waals surface area contributed by atoms with Gasteiger partial charge < -0.3 is 24.3 Å². The molecule has 7 heteroatoms. The van der Waals surface area contributed by atoms with Gasteiger partial charge in [0, 0.05) is 36.5 Å². The lowest BCUT2D eigenvalue weighted by molar-refractivity contribution is 0.350. The smallest absolute Gasteiger partial charge is 0.165 e. The lowest BCUT2D eigenvalue weighted by atomic mass is 10.1. The minimum absolute atomic E-state index is 0.654. The summed E-state index contributed by atoms with van der Waals surface area (Å²) >= 11 is 1.63. The number of ether oxygens (including phenoxy) is 4.